The first-order valence-electron chi connectivity index (χ1n) is 6.03. The van der Waals surface area contributed by atoms with Crippen LogP contribution in [-0.2, 0) is 0 Å². The lowest BCUT2D eigenvalue weighted by molar-refractivity contribution is 0.0698. The van der Waals surface area contributed by atoms with E-state index in [1.807, 2.05) is 0 Å². The Bertz CT molecular complexity index is 728. The summed E-state index contributed by atoms with van der Waals surface area (Å²) in [6, 6.07) is 8.84. The molecule has 2 aromatic carbocycles. The van der Waals surface area contributed by atoms with Crippen LogP contribution >= 0.6 is 11.6 Å². The summed E-state index contributed by atoms with van der Waals surface area (Å²) in [6.45, 7) is 1.59. The third-order valence-corrected chi connectivity index (χ3v) is 3.35. The van der Waals surface area contributed by atoms with Gasteiger partial charge in [0.1, 0.15) is 5.75 Å². The van der Waals surface area contributed by atoms with Gasteiger partial charge in [-0.05, 0) is 31.2 Å². The van der Waals surface area contributed by atoms with Gasteiger partial charge in [-0.2, -0.15) is 0 Å². The maximum atomic E-state index is 12.2. The predicted octanol–water partition coefficient (Wildman–Crippen LogP) is 3.30. The average Bonchev–Trinajstić information content (AvgIpc) is 2.43. The summed E-state index contributed by atoms with van der Waals surface area (Å²) < 4.78 is 0. The first-order valence-corrected chi connectivity index (χ1v) is 6.41. The van der Waals surface area contributed by atoms with Gasteiger partial charge >= 0.3 is 5.97 Å². The number of rotatable bonds is 3. The molecule has 3 N–H and O–H groups in total. The number of aromatic hydroxyl groups is 1. The van der Waals surface area contributed by atoms with Crippen molar-refractivity contribution in [3.8, 4) is 5.75 Å². The first kappa shape index (κ1) is 14.9. The lowest BCUT2D eigenvalue weighted by Gasteiger charge is -2.12. The van der Waals surface area contributed by atoms with Gasteiger partial charge in [-0.15, -0.1) is 0 Å². The Morgan fingerprint density at radius 1 is 1.10 bits per heavy atom. The molecule has 0 saturated heterocycles. The molecule has 2 aromatic rings. The number of amides is 1. The van der Waals surface area contributed by atoms with Crippen molar-refractivity contribution in [3.63, 3.8) is 0 Å². The molecule has 0 atom stereocenters. The van der Waals surface area contributed by atoms with E-state index < -0.39 is 11.9 Å². The Balaban J connectivity index is 2.41. The van der Waals surface area contributed by atoms with Crippen molar-refractivity contribution in [3.05, 3.63) is 58.1 Å². The molecule has 2 rings (SSSR count). The normalized spacial score (nSPS) is 10.2. The number of aromatic carboxylic acids is 1. The summed E-state index contributed by atoms with van der Waals surface area (Å²) >= 11 is 5.95. The second kappa shape index (κ2) is 5.85. The molecule has 0 aromatic heterocycles. The lowest BCUT2D eigenvalue weighted by atomic mass is 10.1. The molecule has 0 unspecified atom stereocenters. The van der Waals surface area contributed by atoms with Gasteiger partial charge < -0.3 is 15.5 Å². The Labute approximate surface area is 125 Å². The number of nitrogens with one attached hydrogen (secondary N) is 1. The van der Waals surface area contributed by atoms with Gasteiger partial charge in [-0.1, -0.05) is 23.7 Å². The number of hydrogen-bond donors (Lipinski definition) is 3. The summed E-state index contributed by atoms with van der Waals surface area (Å²) in [5.74, 6) is -1.75. The Morgan fingerprint density at radius 2 is 1.71 bits per heavy atom. The van der Waals surface area contributed by atoms with E-state index in [4.69, 9.17) is 16.7 Å². The zero-order chi connectivity index (χ0) is 15.6. The fourth-order valence-electron chi connectivity index (χ4n) is 1.88. The van der Waals surface area contributed by atoms with Crippen LogP contribution in [0.4, 0.5) is 5.69 Å². The second-order valence-corrected chi connectivity index (χ2v) is 4.78. The van der Waals surface area contributed by atoms with Gasteiger partial charge in [0.15, 0.2) is 0 Å². The monoisotopic (exact) mass is 305 g/mol. The van der Waals surface area contributed by atoms with Gasteiger partial charge in [0.2, 0.25) is 0 Å². The lowest BCUT2D eigenvalue weighted by Crippen LogP contribution is -2.16. The second-order valence-electron chi connectivity index (χ2n) is 4.37. The van der Waals surface area contributed by atoms with Crippen molar-refractivity contribution in [1.82, 2.24) is 0 Å². The molecule has 0 heterocycles. The number of carbonyl (C=O) groups is 2. The van der Waals surface area contributed by atoms with Gasteiger partial charge in [0.25, 0.3) is 5.91 Å². The van der Waals surface area contributed by atoms with E-state index in [9.17, 15) is 14.7 Å². The van der Waals surface area contributed by atoms with Crippen molar-refractivity contribution in [1.29, 1.82) is 0 Å². The van der Waals surface area contributed by atoms with Crippen LogP contribution in [0.2, 0.25) is 5.02 Å². The highest BCUT2D eigenvalue weighted by atomic mass is 35.5. The molecule has 21 heavy (non-hydrogen) atoms. The highest BCUT2D eigenvalue weighted by Gasteiger charge is 2.18. The fraction of sp³-hybridized carbons (Fsp3) is 0.0667. The smallest absolute Gasteiger partial charge is 0.337 e. The number of carbonyl (C=O) groups excluding carboxylic acids is 1. The minimum atomic E-state index is -1.19. The van der Waals surface area contributed by atoms with Crippen LogP contribution in [0.3, 0.4) is 0 Å². The van der Waals surface area contributed by atoms with Crippen LogP contribution in [0.1, 0.15) is 26.3 Å². The minimum Gasteiger partial charge on any atom is -0.508 e. The average molecular weight is 306 g/mol. The van der Waals surface area contributed by atoms with Crippen molar-refractivity contribution >= 4 is 29.2 Å². The molecule has 0 saturated carbocycles. The van der Waals surface area contributed by atoms with Crippen LogP contribution in [-0.4, -0.2) is 22.1 Å². The number of hydrogen-bond acceptors (Lipinski definition) is 3. The number of anilines is 1. The van der Waals surface area contributed by atoms with Crippen molar-refractivity contribution in [2.24, 2.45) is 0 Å². The number of carboxylic acid groups (broad SMARTS) is 1. The largest absolute Gasteiger partial charge is 0.508 e. The maximum absolute atomic E-state index is 12.2. The van der Waals surface area contributed by atoms with Crippen LogP contribution in [0.5, 0.6) is 5.75 Å². The van der Waals surface area contributed by atoms with E-state index in [1.54, 1.807) is 6.92 Å². The zero-order valence-corrected chi connectivity index (χ0v) is 11.8. The Morgan fingerprint density at radius 3 is 2.38 bits per heavy atom. The van der Waals surface area contributed by atoms with Gasteiger partial charge in [0.05, 0.1) is 16.3 Å². The minimum absolute atomic E-state index is 0.0136. The number of benzene rings is 2. The van der Waals surface area contributed by atoms with Crippen molar-refractivity contribution in [2.75, 3.05) is 5.32 Å². The molecule has 0 radical (unpaired) electrons. The first-order chi connectivity index (χ1) is 9.91. The zero-order valence-electron chi connectivity index (χ0n) is 11.1. The van der Waals surface area contributed by atoms with E-state index in [0.29, 0.717) is 5.56 Å². The van der Waals surface area contributed by atoms with E-state index in [1.165, 1.54) is 36.4 Å². The molecule has 5 nitrogen and oxygen atoms in total. The van der Waals surface area contributed by atoms with Crippen LogP contribution in [0.25, 0.3) is 0 Å². The number of halogens is 1. The topological polar surface area (TPSA) is 86.6 Å². The molecule has 0 spiro atoms. The Hall–Kier alpha value is -2.53. The van der Waals surface area contributed by atoms with E-state index in [2.05, 4.69) is 5.32 Å². The summed E-state index contributed by atoms with van der Waals surface area (Å²) in [5, 5.41) is 21.3. The number of phenols is 1. The summed E-state index contributed by atoms with van der Waals surface area (Å²) in [4.78, 5) is 23.4. The summed E-state index contributed by atoms with van der Waals surface area (Å²) in [5.41, 5.74) is 0.568. The highest BCUT2D eigenvalue weighted by Crippen LogP contribution is 2.28. The SMILES string of the molecule is Cc1c(O)cccc1C(=O)Nc1c(Cl)cccc1C(=O)O. The number of phenolic OH excluding ortho intramolecular Hbond substituents is 1. The van der Waals surface area contributed by atoms with Crippen LogP contribution in [0, 0.1) is 6.92 Å². The van der Waals surface area contributed by atoms with E-state index >= 15 is 0 Å². The summed E-state index contributed by atoms with van der Waals surface area (Å²) in [7, 11) is 0. The van der Waals surface area contributed by atoms with Crippen LogP contribution in [0.15, 0.2) is 36.4 Å². The van der Waals surface area contributed by atoms with Crippen LogP contribution < -0.4 is 5.32 Å². The van der Waals surface area contributed by atoms with E-state index in [-0.39, 0.29) is 27.6 Å². The standard InChI is InChI=1S/C15H12ClNO4/c1-8-9(4-3-7-12(8)18)14(19)17-13-10(15(20)21)5-2-6-11(13)16/h2-7,18H,1H3,(H,17,19)(H,20,21). The maximum Gasteiger partial charge on any atom is 0.337 e. The molecule has 6 heteroatoms. The molecule has 108 valence electrons. The number of carboxylic acids is 1. The molecule has 1 amide bonds. The highest BCUT2D eigenvalue weighted by molar-refractivity contribution is 6.34. The molecule has 0 aliphatic carbocycles. The third-order valence-electron chi connectivity index (χ3n) is 3.03. The molecule has 0 aliphatic rings. The molecule has 0 bridgehead atoms. The third kappa shape index (κ3) is 2.98. The predicted molar refractivity (Wildman–Crippen MR) is 79.2 cm³/mol. The molecular formula is C15H12ClNO4. The van der Waals surface area contributed by atoms with Gasteiger partial charge in [-0.3, -0.25) is 4.79 Å². The van der Waals surface area contributed by atoms with Crippen molar-refractivity contribution in [2.45, 2.75) is 6.92 Å². The van der Waals surface area contributed by atoms with E-state index in [0.717, 1.165) is 0 Å². The quantitative estimate of drug-likeness (QED) is 0.812. The van der Waals surface area contributed by atoms with Crippen molar-refractivity contribution < 1.29 is 19.8 Å². The van der Waals surface area contributed by atoms with Gasteiger partial charge in [-0.25, -0.2) is 4.79 Å². The number of para-hydroxylation sites is 1. The Kier molecular flexibility index (Phi) is 4.14. The van der Waals surface area contributed by atoms with Gasteiger partial charge in [0, 0.05) is 11.1 Å². The fourth-order valence-corrected chi connectivity index (χ4v) is 2.10. The summed E-state index contributed by atoms with van der Waals surface area (Å²) in [6.07, 6.45) is 0. The molecule has 0 aliphatic heterocycles. The molecule has 0 fully saturated rings. The molecular weight excluding hydrogens is 294 g/mol.